The van der Waals surface area contributed by atoms with Gasteiger partial charge in [0.15, 0.2) is 0 Å². The summed E-state index contributed by atoms with van der Waals surface area (Å²) in [5.41, 5.74) is 1.09. The molecule has 6 heteroatoms. The molecule has 1 aliphatic carbocycles. The van der Waals surface area contributed by atoms with Crippen LogP contribution in [0.25, 0.3) is 0 Å². The number of aromatic nitrogens is 4. The third-order valence-electron chi connectivity index (χ3n) is 3.18. The van der Waals surface area contributed by atoms with Crippen molar-refractivity contribution in [2.75, 3.05) is 0 Å². The quantitative estimate of drug-likeness (QED) is 0.857. The fraction of sp³-hybridized carbons (Fsp3) is 0.385. The molecule has 1 atom stereocenters. The number of carbonyl (C=O) groups excluding carboxylic acids is 1. The first-order valence-electron chi connectivity index (χ1n) is 6.40. The van der Waals surface area contributed by atoms with E-state index in [9.17, 15) is 4.79 Å². The zero-order valence-corrected chi connectivity index (χ0v) is 10.4. The number of hydrogen-bond acceptors (Lipinski definition) is 4. The van der Waals surface area contributed by atoms with Gasteiger partial charge in [-0.2, -0.15) is 0 Å². The number of hydrogen-bond donors (Lipinski definition) is 1. The molecule has 0 unspecified atom stereocenters. The predicted molar refractivity (Wildman–Crippen MR) is 68.2 cm³/mol. The van der Waals surface area contributed by atoms with Crippen LogP contribution in [-0.2, 0) is 11.2 Å². The maximum absolute atomic E-state index is 12.3. The number of nitrogens with zero attached hydrogens (tertiary/aromatic N) is 4. The van der Waals surface area contributed by atoms with E-state index in [2.05, 4.69) is 20.8 Å². The minimum Gasteiger partial charge on any atom is -0.351 e. The van der Waals surface area contributed by atoms with Crippen LogP contribution in [0.5, 0.6) is 0 Å². The van der Waals surface area contributed by atoms with Gasteiger partial charge in [0.05, 0.1) is 0 Å². The highest BCUT2D eigenvalue weighted by atomic mass is 16.2. The van der Waals surface area contributed by atoms with Crippen molar-refractivity contribution < 1.29 is 4.79 Å². The average Bonchev–Trinajstić information content (AvgIpc) is 3.08. The zero-order chi connectivity index (χ0) is 13.1. The van der Waals surface area contributed by atoms with Crippen LogP contribution in [0, 0.1) is 0 Å². The Balaban J connectivity index is 1.77. The summed E-state index contributed by atoms with van der Waals surface area (Å²) in [6.45, 7) is 0. The van der Waals surface area contributed by atoms with Gasteiger partial charge in [0.1, 0.15) is 12.4 Å². The summed E-state index contributed by atoms with van der Waals surface area (Å²) in [5.74, 6) is -0.0151. The molecule has 1 aromatic carbocycles. The Hall–Kier alpha value is -2.24. The predicted octanol–water partition coefficient (Wildman–Crippen LogP) is 0.735. The molecule has 1 fully saturated rings. The Bertz CT molecular complexity index is 535. The monoisotopic (exact) mass is 257 g/mol. The van der Waals surface area contributed by atoms with Crippen LogP contribution in [0.2, 0.25) is 0 Å². The summed E-state index contributed by atoms with van der Waals surface area (Å²) in [6.07, 6.45) is 4.21. The topological polar surface area (TPSA) is 72.7 Å². The number of carbonyl (C=O) groups is 1. The summed E-state index contributed by atoms with van der Waals surface area (Å²) >= 11 is 0. The second kappa shape index (κ2) is 5.17. The molecule has 1 saturated carbocycles. The van der Waals surface area contributed by atoms with Gasteiger partial charge in [0.25, 0.3) is 0 Å². The molecule has 0 radical (unpaired) electrons. The van der Waals surface area contributed by atoms with E-state index in [4.69, 9.17) is 0 Å². The molecular formula is C13H15N5O. The van der Waals surface area contributed by atoms with Crippen molar-refractivity contribution >= 4 is 5.91 Å². The fourth-order valence-electron chi connectivity index (χ4n) is 1.98. The Morgan fingerprint density at radius 1 is 1.37 bits per heavy atom. The molecule has 0 bridgehead atoms. The minimum atomic E-state index is -0.391. The van der Waals surface area contributed by atoms with E-state index in [0.29, 0.717) is 12.5 Å². The largest absolute Gasteiger partial charge is 0.351 e. The van der Waals surface area contributed by atoms with Crippen LogP contribution in [0.15, 0.2) is 36.7 Å². The van der Waals surface area contributed by atoms with Gasteiger partial charge >= 0.3 is 0 Å². The lowest BCUT2D eigenvalue weighted by atomic mass is 10.1. The molecule has 0 aliphatic heterocycles. The molecule has 1 N–H and O–H groups in total. The van der Waals surface area contributed by atoms with Gasteiger partial charge in [-0.1, -0.05) is 30.3 Å². The second-order valence-corrected chi connectivity index (χ2v) is 4.78. The van der Waals surface area contributed by atoms with Crippen LogP contribution in [0.1, 0.15) is 24.4 Å². The molecule has 1 aromatic heterocycles. The molecule has 3 rings (SSSR count). The molecule has 1 amide bonds. The maximum atomic E-state index is 12.3. The van der Waals surface area contributed by atoms with Gasteiger partial charge < -0.3 is 5.32 Å². The van der Waals surface area contributed by atoms with Crippen molar-refractivity contribution in [3.05, 3.63) is 42.2 Å². The lowest BCUT2D eigenvalue weighted by Gasteiger charge is -2.16. The Kier molecular flexibility index (Phi) is 3.22. The number of nitrogens with one attached hydrogen (secondary N) is 1. The summed E-state index contributed by atoms with van der Waals surface area (Å²) in [6, 6.07) is 9.83. The standard InChI is InChI=1S/C13H15N5O/c19-13(15-11-6-7-11)12(18-9-14-16-17-18)8-10-4-2-1-3-5-10/h1-5,9,11-12H,6-8H2,(H,15,19)/t12-/m0/s1. The summed E-state index contributed by atoms with van der Waals surface area (Å²) in [5, 5.41) is 14.1. The van der Waals surface area contributed by atoms with Crippen molar-refractivity contribution in [3.8, 4) is 0 Å². The van der Waals surface area contributed by atoms with Crippen molar-refractivity contribution in [1.82, 2.24) is 25.5 Å². The zero-order valence-electron chi connectivity index (χ0n) is 10.4. The molecule has 19 heavy (non-hydrogen) atoms. The minimum absolute atomic E-state index is 0.0151. The Labute approximate surface area is 110 Å². The fourth-order valence-corrected chi connectivity index (χ4v) is 1.98. The van der Waals surface area contributed by atoms with E-state index in [1.807, 2.05) is 30.3 Å². The van der Waals surface area contributed by atoms with E-state index < -0.39 is 6.04 Å². The van der Waals surface area contributed by atoms with Gasteiger partial charge in [0, 0.05) is 12.5 Å². The normalized spacial score (nSPS) is 16.0. The molecule has 0 spiro atoms. The van der Waals surface area contributed by atoms with Crippen molar-refractivity contribution in [1.29, 1.82) is 0 Å². The highest BCUT2D eigenvalue weighted by Gasteiger charge is 2.29. The lowest BCUT2D eigenvalue weighted by molar-refractivity contribution is -0.124. The van der Waals surface area contributed by atoms with E-state index in [-0.39, 0.29) is 5.91 Å². The lowest BCUT2D eigenvalue weighted by Crippen LogP contribution is -2.35. The average molecular weight is 257 g/mol. The van der Waals surface area contributed by atoms with E-state index in [0.717, 1.165) is 18.4 Å². The summed E-state index contributed by atoms with van der Waals surface area (Å²) in [4.78, 5) is 12.3. The molecule has 2 aromatic rings. The van der Waals surface area contributed by atoms with Gasteiger partial charge in [-0.15, -0.1) is 5.10 Å². The van der Waals surface area contributed by atoms with Crippen molar-refractivity contribution in [2.45, 2.75) is 31.3 Å². The molecule has 98 valence electrons. The maximum Gasteiger partial charge on any atom is 0.245 e. The SMILES string of the molecule is O=C(NC1CC1)[C@H](Cc1ccccc1)n1cnnn1. The van der Waals surface area contributed by atoms with Gasteiger partial charge in [0.2, 0.25) is 5.91 Å². The summed E-state index contributed by atoms with van der Waals surface area (Å²) in [7, 11) is 0. The molecule has 6 nitrogen and oxygen atoms in total. The van der Waals surface area contributed by atoms with Crippen LogP contribution in [-0.4, -0.2) is 32.2 Å². The number of rotatable bonds is 5. The van der Waals surface area contributed by atoms with E-state index in [1.54, 1.807) is 0 Å². The molecule has 0 saturated heterocycles. The van der Waals surface area contributed by atoms with Gasteiger partial charge in [-0.25, -0.2) is 4.68 Å². The summed E-state index contributed by atoms with van der Waals surface area (Å²) < 4.78 is 1.52. The van der Waals surface area contributed by atoms with Gasteiger partial charge in [-0.05, 0) is 28.8 Å². The smallest absolute Gasteiger partial charge is 0.245 e. The second-order valence-electron chi connectivity index (χ2n) is 4.78. The van der Waals surface area contributed by atoms with Crippen LogP contribution < -0.4 is 5.32 Å². The van der Waals surface area contributed by atoms with Crippen LogP contribution >= 0.6 is 0 Å². The third kappa shape index (κ3) is 2.96. The van der Waals surface area contributed by atoms with Crippen LogP contribution in [0.3, 0.4) is 0 Å². The Morgan fingerprint density at radius 3 is 2.79 bits per heavy atom. The molecule has 1 aliphatic rings. The Morgan fingerprint density at radius 2 is 2.16 bits per heavy atom. The third-order valence-corrected chi connectivity index (χ3v) is 3.18. The first kappa shape index (κ1) is 11.8. The first-order valence-corrected chi connectivity index (χ1v) is 6.40. The van der Waals surface area contributed by atoms with Crippen molar-refractivity contribution in [2.24, 2.45) is 0 Å². The van der Waals surface area contributed by atoms with Crippen molar-refractivity contribution in [3.63, 3.8) is 0 Å². The highest BCUT2D eigenvalue weighted by molar-refractivity contribution is 5.81. The van der Waals surface area contributed by atoms with E-state index in [1.165, 1.54) is 11.0 Å². The van der Waals surface area contributed by atoms with Crippen LogP contribution in [0.4, 0.5) is 0 Å². The number of amides is 1. The van der Waals surface area contributed by atoms with E-state index >= 15 is 0 Å². The first-order chi connectivity index (χ1) is 9.33. The molecular weight excluding hydrogens is 242 g/mol. The van der Waals surface area contributed by atoms with Gasteiger partial charge in [-0.3, -0.25) is 4.79 Å². The highest BCUT2D eigenvalue weighted by Crippen LogP contribution is 2.21. The molecule has 1 heterocycles. The number of tetrazole rings is 1. The number of benzene rings is 1.